The Hall–Kier alpha value is -6.95. The smallest absolute Gasteiger partial charge is 0.238 e. The molecule has 0 fully saturated rings. The van der Waals surface area contributed by atoms with E-state index < -0.39 is 0 Å². The first-order chi connectivity index (χ1) is 30.5. The SMILES string of the molecule is C/C=C\C1=C(C)[C@@H](c2nc(C3=CCC(c4ccccc4C)=C(/C=C\c4cccc5sc6ccccc6c45)C=C3)nc(-n3c4ccccc4c4ccccc43)n2)CC2C=CC=CC12. The Morgan fingerprint density at radius 2 is 1.40 bits per heavy atom. The van der Waals surface area contributed by atoms with Gasteiger partial charge in [-0.3, -0.25) is 4.57 Å². The normalized spacial score (nSPS) is 19.2. The summed E-state index contributed by atoms with van der Waals surface area (Å²) < 4.78 is 4.85. The second-order valence-corrected chi connectivity index (χ2v) is 17.8. The number of aryl methyl sites for hydroxylation is 1. The Bertz CT molecular complexity index is 3300. The van der Waals surface area contributed by atoms with Crippen molar-refractivity contribution in [1.82, 2.24) is 19.5 Å². The second-order valence-electron chi connectivity index (χ2n) is 16.7. The fourth-order valence-electron chi connectivity index (χ4n) is 10.0. The van der Waals surface area contributed by atoms with E-state index >= 15 is 0 Å². The highest BCUT2D eigenvalue weighted by atomic mass is 32.1. The molecular weight excluding hydrogens is 773 g/mol. The molecule has 5 aromatic carbocycles. The van der Waals surface area contributed by atoms with Crippen molar-refractivity contribution in [2.75, 3.05) is 0 Å². The summed E-state index contributed by atoms with van der Waals surface area (Å²) in [5, 5.41) is 4.98. The Kier molecular flexibility index (Phi) is 9.70. The lowest BCUT2D eigenvalue weighted by Gasteiger charge is -2.36. The molecule has 0 aliphatic heterocycles. The highest BCUT2D eigenvalue weighted by molar-refractivity contribution is 7.25. The van der Waals surface area contributed by atoms with Gasteiger partial charge >= 0.3 is 0 Å². The first-order valence-electron chi connectivity index (χ1n) is 21.7. The van der Waals surface area contributed by atoms with Gasteiger partial charge in [0.05, 0.1) is 11.0 Å². The minimum atomic E-state index is 0.0255. The number of rotatable bonds is 7. The van der Waals surface area contributed by atoms with Crippen LogP contribution in [0.2, 0.25) is 0 Å². The molecule has 0 bridgehead atoms. The Labute approximate surface area is 366 Å². The standard InChI is InChI=1S/C57H46N4S/c1-4-16-43-37(3)49(35-41-18-6-8-21-44(41)43)56-58-55(59-57(60-56)61-50-25-12-9-22-46(50)47-23-10-13-26-51(47)61)40-32-30-38(45(34-33-40)42-20-7-5-17-36(42)2)29-31-39-19-15-28-53-54(39)48-24-11-14-27-52(48)62-53/h4-33,41,44,49H,34-35H2,1-3H3/b16-4-,31-29-/t41?,44?,49-/m0/s1. The molecule has 0 N–H and O–H groups in total. The van der Waals surface area contributed by atoms with E-state index in [1.807, 2.05) is 11.3 Å². The van der Waals surface area contributed by atoms with Crippen LogP contribution in [0.25, 0.3) is 65.1 Å². The zero-order chi connectivity index (χ0) is 41.7. The number of aromatic nitrogens is 4. The number of allylic oxidation sites excluding steroid dienone is 15. The van der Waals surface area contributed by atoms with Crippen molar-refractivity contribution in [3.8, 4) is 5.95 Å². The first-order valence-corrected chi connectivity index (χ1v) is 22.5. The quantitative estimate of drug-likeness (QED) is 0.161. The minimum absolute atomic E-state index is 0.0255. The molecule has 3 atom stereocenters. The summed E-state index contributed by atoms with van der Waals surface area (Å²) in [7, 11) is 0. The number of thiophene rings is 1. The van der Waals surface area contributed by atoms with Gasteiger partial charge in [0.25, 0.3) is 0 Å². The lowest BCUT2D eigenvalue weighted by atomic mass is 9.68. The van der Waals surface area contributed by atoms with Gasteiger partial charge in [0, 0.05) is 48.4 Å². The van der Waals surface area contributed by atoms with Crippen molar-refractivity contribution < 1.29 is 0 Å². The zero-order valence-electron chi connectivity index (χ0n) is 35.2. The van der Waals surface area contributed by atoms with Gasteiger partial charge in [-0.25, -0.2) is 4.98 Å². The molecular formula is C57H46N4S. The van der Waals surface area contributed by atoms with Gasteiger partial charge in [0.2, 0.25) is 5.95 Å². The molecule has 2 unspecified atom stereocenters. The molecule has 11 rings (SSSR count). The summed E-state index contributed by atoms with van der Waals surface area (Å²) >= 11 is 1.86. The van der Waals surface area contributed by atoms with Crippen LogP contribution in [-0.2, 0) is 0 Å². The largest absolute Gasteiger partial charge is 0.278 e. The van der Waals surface area contributed by atoms with Crippen molar-refractivity contribution >= 4 is 70.5 Å². The predicted octanol–water partition coefficient (Wildman–Crippen LogP) is 14.9. The summed E-state index contributed by atoms with van der Waals surface area (Å²) in [5.41, 5.74) is 12.0. The van der Waals surface area contributed by atoms with Crippen molar-refractivity contribution in [1.29, 1.82) is 0 Å². The van der Waals surface area contributed by atoms with E-state index in [1.165, 1.54) is 69.9 Å². The molecule has 0 saturated carbocycles. The van der Waals surface area contributed by atoms with E-state index in [0.717, 1.165) is 35.3 Å². The van der Waals surface area contributed by atoms with Gasteiger partial charge in [-0.05, 0) is 97.2 Å². The van der Waals surface area contributed by atoms with Gasteiger partial charge in [0.1, 0.15) is 5.82 Å². The van der Waals surface area contributed by atoms with E-state index in [0.29, 0.717) is 23.6 Å². The monoisotopic (exact) mass is 818 g/mol. The Balaban J connectivity index is 1.08. The summed E-state index contributed by atoms with van der Waals surface area (Å²) in [6.45, 7) is 6.61. The molecule has 0 saturated heterocycles. The number of nitrogens with zero attached hydrogens (tertiary/aromatic N) is 4. The third kappa shape index (κ3) is 6.56. The van der Waals surface area contributed by atoms with Crippen molar-refractivity contribution in [2.24, 2.45) is 11.8 Å². The molecule has 3 heterocycles. The predicted molar refractivity (Wildman–Crippen MR) is 262 cm³/mol. The molecule has 3 aliphatic rings. The second kappa shape index (κ2) is 15.8. The highest BCUT2D eigenvalue weighted by Gasteiger charge is 2.35. The minimum Gasteiger partial charge on any atom is -0.278 e. The molecule has 8 aromatic rings. The maximum atomic E-state index is 5.48. The maximum absolute atomic E-state index is 5.48. The van der Waals surface area contributed by atoms with Gasteiger partial charge < -0.3 is 0 Å². The summed E-state index contributed by atoms with van der Waals surface area (Å²) in [5.74, 6) is 2.88. The summed E-state index contributed by atoms with van der Waals surface area (Å²) in [6.07, 6.45) is 26.7. The lowest BCUT2D eigenvalue weighted by Crippen LogP contribution is -2.26. The van der Waals surface area contributed by atoms with E-state index in [9.17, 15) is 0 Å². The number of para-hydroxylation sites is 2. The van der Waals surface area contributed by atoms with Crippen molar-refractivity contribution in [3.63, 3.8) is 0 Å². The number of hydrogen-bond donors (Lipinski definition) is 0. The Morgan fingerprint density at radius 1 is 0.677 bits per heavy atom. The van der Waals surface area contributed by atoms with Crippen LogP contribution in [-0.4, -0.2) is 19.5 Å². The van der Waals surface area contributed by atoms with Crippen molar-refractivity contribution in [2.45, 2.75) is 39.5 Å². The molecule has 0 amide bonds. The molecule has 3 aromatic heterocycles. The Morgan fingerprint density at radius 3 is 2.21 bits per heavy atom. The fraction of sp³-hybridized carbons (Fsp3) is 0.140. The van der Waals surface area contributed by atoms with E-state index in [2.05, 4.69) is 207 Å². The van der Waals surface area contributed by atoms with Crippen LogP contribution in [0.5, 0.6) is 0 Å². The maximum Gasteiger partial charge on any atom is 0.238 e. The highest BCUT2D eigenvalue weighted by Crippen LogP contribution is 2.46. The van der Waals surface area contributed by atoms with Crippen LogP contribution < -0.4 is 0 Å². The van der Waals surface area contributed by atoms with Crippen LogP contribution in [0, 0.1) is 18.8 Å². The third-order valence-electron chi connectivity index (χ3n) is 13.1. The molecule has 0 radical (unpaired) electrons. The average Bonchev–Trinajstić information content (AvgIpc) is 3.78. The third-order valence-corrected chi connectivity index (χ3v) is 14.2. The van der Waals surface area contributed by atoms with Gasteiger partial charge in [0.15, 0.2) is 5.82 Å². The van der Waals surface area contributed by atoms with Gasteiger partial charge in [-0.2, -0.15) is 9.97 Å². The van der Waals surface area contributed by atoms with E-state index in [4.69, 9.17) is 15.0 Å². The fourth-order valence-corrected chi connectivity index (χ4v) is 11.2. The van der Waals surface area contributed by atoms with E-state index in [1.54, 1.807) is 0 Å². The van der Waals surface area contributed by atoms with E-state index in [-0.39, 0.29) is 5.92 Å². The van der Waals surface area contributed by atoms with Crippen LogP contribution in [0.15, 0.2) is 193 Å². The zero-order valence-corrected chi connectivity index (χ0v) is 36.0. The molecule has 62 heavy (non-hydrogen) atoms. The number of fused-ring (bicyclic) bond motifs is 7. The van der Waals surface area contributed by atoms with Crippen LogP contribution in [0.4, 0.5) is 0 Å². The number of benzene rings is 5. The number of hydrogen-bond acceptors (Lipinski definition) is 4. The lowest BCUT2D eigenvalue weighted by molar-refractivity contribution is 0.421. The van der Waals surface area contributed by atoms with Crippen LogP contribution in [0.1, 0.15) is 60.9 Å². The molecule has 3 aliphatic carbocycles. The molecule has 0 spiro atoms. The average molecular weight is 819 g/mol. The topological polar surface area (TPSA) is 43.6 Å². The van der Waals surface area contributed by atoms with Crippen LogP contribution >= 0.6 is 11.3 Å². The molecule has 4 nitrogen and oxygen atoms in total. The summed E-state index contributed by atoms with van der Waals surface area (Å²) in [4.78, 5) is 16.4. The molecule has 300 valence electrons. The van der Waals surface area contributed by atoms with Gasteiger partial charge in [-0.15, -0.1) is 11.3 Å². The summed E-state index contributed by atoms with van der Waals surface area (Å²) in [6, 6.07) is 41.3. The molecule has 5 heteroatoms. The van der Waals surface area contributed by atoms with Crippen LogP contribution in [0.3, 0.4) is 0 Å². The van der Waals surface area contributed by atoms with Gasteiger partial charge in [-0.1, -0.05) is 163 Å². The van der Waals surface area contributed by atoms with Crippen molar-refractivity contribution in [3.05, 3.63) is 221 Å². The first kappa shape index (κ1) is 38.0.